The third-order valence-corrected chi connectivity index (χ3v) is 5.14. The van der Waals surface area contributed by atoms with Crippen molar-refractivity contribution in [1.29, 1.82) is 0 Å². The molecular weight excluding hydrogens is 260 g/mol. The average Bonchev–Trinajstić information content (AvgIpc) is 2.71. The van der Waals surface area contributed by atoms with Crippen molar-refractivity contribution in [2.45, 2.75) is 50.9 Å². The first-order chi connectivity index (χ1) is 9.46. The van der Waals surface area contributed by atoms with Gasteiger partial charge in [0.05, 0.1) is 6.10 Å². The minimum atomic E-state index is -0.723. The molecule has 5 atom stereocenters. The van der Waals surface area contributed by atoms with E-state index in [0.717, 1.165) is 5.57 Å². The Morgan fingerprint density at radius 2 is 2.30 bits per heavy atom. The number of hydrogen-bond acceptors (Lipinski definition) is 5. The van der Waals surface area contributed by atoms with E-state index >= 15 is 0 Å². The first kappa shape index (κ1) is 13.8. The van der Waals surface area contributed by atoms with Crippen LogP contribution in [0.4, 0.5) is 0 Å². The molecule has 1 saturated heterocycles. The summed E-state index contributed by atoms with van der Waals surface area (Å²) in [5, 5.41) is 19.7. The van der Waals surface area contributed by atoms with Crippen LogP contribution in [0.2, 0.25) is 0 Å². The van der Waals surface area contributed by atoms with Crippen molar-refractivity contribution in [3.05, 3.63) is 23.8 Å². The number of allylic oxidation sites excluding steroid dienone is 1. The van der Waals surface area contributed by atoms with E-state index in [9.17, 15) is 9.90 Å². The highest BCUT2D eigenvalue weighted by Crippen LogP contribution is 2.49. The van der Waals surface area contributed by atoms with Gasteiger partial charge < -0.3 is 9.84 Å². The Bertz CT molecular complexity index is 483. The summed E-state index contributed by atoms with van der Waals surface area (Å²) in [7, 11) is 0. The fraction of sp³-hybridized carbons (Fsp3) is 0.667. The maximum absolute atomic E-state index is 11.7. The molecule has 0 amide bonds. The summed E-state index contributed by atoms with van der Waals surface area (Å²) in [4.78, 5) is 16.3. The fourth-order valence-corrected chi connectivity index (χ4v) is 3.76. The van der Waals surface area contributed by atoms with E-state index in [1.54, 1.807) is 0 Å². The molecule has 2 aliphatic carbocycles. The Kier molecular flexibility index (Phi) is 3.23. The standard InChI is InChI=1S/C15H20O5/c1-8-10-4-3-9-7-15(2,6-5-11(9)20-18)13(16)12(10)19-14(8)17/h3,10-13,16,18H,1,4-7H2,2H3/b9-3-/t10-,11+,12-,13+,15+/m0/s1. The van der Waals surface area contributed by atoms with Crippen LogP contribution in [0.1, 0.15) is 32.6 Å². The molecule has 1 saturated carbocycles. The van der Waals surface area contributed by atoms with Crippen LogP contribution in [-0.4, -0.2) is 34.6 Å². The van der Waals surface area contributed by atoms with E-state index in [0.29, 0.717) is 31.3 Å². The van der Waals surface area contributed by atoms with Gasteiger partial charge in [0.1, 0.15) is 12.2 Å². The second-order valence-corrected chi connectivity index (χ2v) is 6.42. The molecule has 110 valence electrons. The zero-order valence-corrected chi connectivity index (χ0v) is 11.5. The number of ether oxygens (including phenoxy) is 1. The summed E-state index contributed by atoms with van der Waals surface area (Å²) in [6.07, 6.45) is 3.06. The fourth-order valence-electron chi connectivity index (χ4n) is 3.76. The maximum atomic E-state index is 11.7. The molecule has 1 aliphatic heterocycles. The van der Waals surface area contributed by atoms with E-state index in [2.05, 4.69) is 11.5 Å². The molecule has 0 radical (unpaired) electrons. The Morgan fingerprint density at radius 3 is 3.00 bits per heavy atom. The molecule has 2 N–H and O–H groups in total. The second-order valence-electron chi connectivity index (χ2n) is 6.42. The van der Waals surface area contributed by atoms with Crippen molar-refractivity contribution in [1.82, 2.24) is 0 Å². The number of aliphatic hydroxyl groups is 1. The number of hydrogen-bond donors (Lipinski definition) is 2. The Labute approximate surface area is 117 Å². The van der Waals surface area contributed by atoms with Crippen molar-refractivity contribution in [2.24, 2.45) is 11.3 Å². The van der Waals surface area contributed by atoms with E-state index in [4.69, 9.17) is 9.99 Å². The molecule has 0 aromatic carbocycles. The summed E-state index contributed by atoms with van der Waals surface area (Å²) in [5.74, 6) is -0.600. The zero-order chi connectivity index (χ0) is 14.5. The minimum Gasteiger partial charge on any atom is -0.456 e. The van der Waals surface area contributed by atoms with Gasteiger partial charge in [-0.1, -0.05) is 19.6 Å². The highest BCUT2D eigenvalue weighted by Gasteiger charge is 2.51. The van der Waals surface area contributed by atoms with E-state index in [-0.39, 0.29) is 17.4 Å². The molecule has 2 bridgehead atoms. The van der Waals surface area contributed by atoms with Crippen LogP contribution in [0.3, 0.4) is 0 Å². The van der Waals surface area contributed by atoms with Crippen molar-refractivity contribution in [2.75, 3.05) is 0 Å². The quantitative estimate of drug-likeness (QED) is 0.252. The molecule has 20 heavy (non-hydrogen) atoms. The molecule has 0 aromatic heterocycles. The zero-order valence-electron chi connectivity index (χ0n) is 11.5. The Hall–Kier alpha value is -1.17. The van der Waals surface area contributed by atoms with E-state index in [1.165, 1.54) is 0 Å². The highest BCUT2D eigenvalue weighted by atomic mass is 17.1. The molecule has 0 aromatic rings. The lowest BCUT2D eigenvalue weighted by atomic mass is 9.64. The number of fused-ring (bicyclic) bond motifs is 3. The van der Waals surface area contributed by atoms with Gasteiger partial charge in [-0.05, 0) is 31.3 Å². The van der Waals surface area contributed by atoms with Gasteiger partial charge in [0, 0.05) is 16.9 Å². The topological polar surface area (TPSA) is 76.0 Å². The van der Waals surface area contributed by atoms with Crippen LogP contribution in [0.5, 0.6) is 0 Å². The van der Waals surface area contributed by atoms with Crippen LogP contribution >= 0.6 is 0 Å². The molecule has 3 aliphatic rings. The smallest absolute Gasteiger partial charge is 0.334 e. The van der Waals surface area contributed by atoms with E-state index in [1.807, 2.05) is 13.0 Å². The average molecular weight is 280 g/mol. The van der Waals surface area contributed by atoms with Gasteiger partial charge in [0.25, 0.3) is 0 Å². The normalized spacial score (nSPS) is 46.9. The number of esters is 1. The van der Waals surface area contributed by atoms with Gasteiger partial charge in [-0.25, -0.2) is 9.68 Å². The van der Waals surface area contributed by atoms with Crippen molar-refractivity contribution in [3.63, 3.8) is 0 Å². The van der Waals surface area contributed by atoms with Gasteiger partial charge in [0.2, 0.25) is 0 Å². The van der Waals surface area contributed by atoms with Crippen molar-refractivity contribution in [3.8, 4) is 0 Å². The molecule has 3 rings (SSSR count). The number of aliphatic hydroxyl groups excluding tert-OH is 1. The predicted molar refractivity (Wildman–Crippen MR) is 70.7 cm³/mol. The summed E-state index contributed by atoms with van der Waals surface area (Å²) < 4.78 is 5.34. The first-order valence-corrected chi connectivity index (χ1v) is 7.03. The monoisotopic (exact) mass is 280 g/mol. The van der Waals surface area contributed by atoms with Crippen LogP contribution < -0.4 is 0 Å². The summed E-state index contributed by atoms with van der Waals surface area (Å²) >= 11 is 0. The van der Waals surface area contributed by atoms with Crippen LogP contribution in [0.25, 0.3) is 0 Å². The third kappa shape index (κ3) is 1.92. The molecule has 1 heterocycles. The summed E-state index contributed by atoms with van der Waals surface area (Å²) in [6.45, 7) is 5.78. The summed E-state index contributed by atoms with van der Waals surface area (Å²) in [6, 6.07) is 0. The minimum absolute atomic E-state index is 0.190. The van der Waals surface area contributed by atoms with Crippen molar-refractivity contribution >= 4 is 5.97 Å². The highest BCUT2D eigenvalue weighted by molar-refractivity contribution is 5.91. The molecule has 2 fully saturated rings. The van der Waals surface area contributed by atoms with Gasteiger partial charge in [-0.2, -0.15) is 0 Å². The largest absolute Gasteiger partial charge is 0.456 e. The predicted octanol–water partition coefficient (Wildman–Crippen LogP) is 1.82. The number of carbonyl (C=O) groups is 1. The molecular formula is C15H20O5. The van der Waals surface area contributed by atoms with Gasteiger partial charge in [-0.15, -0.1) is 0 Å². The Morgan fingerprint density at radius 1 is 1.55 bits per heavy atom. The molecule has 0 spiro atoms. The Balaban J connectivity index is 1.99. The number of rotatable bonds is 1. The van der Waals surface area contributed by atoms with Gasteiger partial charge in [0.15, 0.2) is 0 Å². The van der Waals surface area contributed by atoms with Crippen LogP contribution in [0, 0.1) is 11.3 Å². The van der Waals surface area contributed by atoms with Crippen LogP contribution in [-0.2, 0) is 14.4 Å². The van der Waals surface area contributed by atoms with Crippen molar-refractivity contribution < 1.29 is 24.8 Å². The van der Waals surface area contributed by atoms with Gasteiger partial charge in [-0.3, -0.25) is 5.26 Å². The van der Waals surface area contributed by atoms with Crippen LogP contribution in [0.15, 0.2) is 23.8 Å². The molecule has 5 heteroatoms. The first-order valence-electron chi connectivity index (χ1n) is 7.03. The maximum Gasteiger partial charge on any atom is 0.334 e. The lowest BCUT2D eigenvalue weighted by Crippen LogP contribution is -2.48. The lowest BCUT2D eigenvalue weighted by molar-refractivity contribution is -0.276. The van der Waals surface area contributed by atoms with E-state index < -0.39 is 18.2 Å². The summed E-state index contributed by atoms with van der Waals surface area (Å²) in [5.41, 5.74) is 1.05. The molecule has 5 nitrogen and oxygen atoms in total. The third-order valence-electron chi connectivity index (χ3n) is 5.14. The molecule has 0 unspecified atom stereocenters. The van der Waals surface area contributed by atoms with Gasteiger partial charge >= 0.3 is 5.97 Å². The SMILES string of the molecule is C=C1C(=O)O[C@@H]2[C@@H](O)[C@]3(C)CC[C@@H](OO)/C(=C\C[C@@H]12)C3. The lowest BCUT2D eigenvalue weighted by Gasteiger charge is -2.45. The second kappa shape index (κ2) is 4.69. The number of carbonyl (C=O) groups excluding carboxylic acids is 1.